The van der Waals surface area contributed by atoms with Crippen molar-refractivity contribution in [1.29, 1.82) is 0 Å². The van der Waals surface area contributed by atoms with Crippen molar-refractivity contribution in [2.75, 3.05) is 18.6 Å². The lowest BCUT2D eigenvalue weighted by Crippen LogP contribution is -2.29. The molecule has 0 radical (unpaired) electrons. The number of nitrogens with zero attached hydrogens (tertiary/aromatic N) is 2. The van der Waals surface area contributed by atoms with Crippen LogP contribution in [0.1, 0.15) is 24.1 Å². The first-order valence-electron chi connectivity index (χ1n) is 11.2. The Morgan fingerprint density at radius 1 is 1.08 bits per heavy atom. The molecule has 0 bridgehead atoms. The average molecular weight is 521 g/mol. The van der Waals surface area contributed by atoms with Crippen LogP contribution in [-0.2, 0) is 9.59 Å². The normalized spacial score (nSPS) is 17.1. The number of ether oxygens (including phenoxy) is 2. The van der Waals surface area contributed by atoms with E-state index < -0.39 is 17.7 Å². The molecule has 0 spiro atoms. The number of anilines is 1. The molecule has 0 aliphatic carbocycles. The highest BCUT2D eigenvalue weighted by molar-refractivity contribution is 7.22. The van der Waals surface area contributed by atoms with Crippen LogP contribution in [0.15, 0.2) is 72.3 Å². The standard InChI is InChI=1S/C27H21ClN2O5S/c1-3-35-19-6-4-5-16(13-19)23-22(24(31)15-7-9-17(28)10-8-15)25(32)26(33)30(23)27-29-20-12-11-18(34-2)14-21(20)36-27/h4-14,23,31H,3H2,1-2H3/b24-22+. The molecule has 1 fully saturated rings. The minimum absolute atomic E-state index is 0.0344. The minimum Gasteiger partial charge on any atom is -0.507 e. The second-order valence-corrected chi connectivity index (χ2v) is 9.46. The van der Waals surface area contributed by atoms with Gasteiger partial charge in [0.05, 0.1) is 35.5 Å². The Morgan fingerprint density at radius 2 is 1.86 bits per heavy atom. The van der Waals surface area contributed by atoms with Gasteiger partial charge in [-0.1, -0.05) is 35.1 Å². The zero-order chi connectivity index (χ0) is 25.4. The van der Waals surface area contributed by atoms with E-state index in [0.717, 1.165) is 4.70 Å². The number of rotatable bonds is 6. The summed E-state index contributed by atoms with van der Waals surface area (Å²) >= 11 is 7.27. The third-order valence-corrected chi connectivity index (χ3v) is 7.11. The Labute approximate surface area is 216 Å². The number of methoxy groups -OCH3 is 1. The van der Waals surface area contributed by atoms with Gasteiger partial charge in [0, 0.05) is 10.6 Å². The van der Waals surface area contributed by atoms with Gasteiger partial charge in [-0.15, -0.1) is 0 Å². The number of thiazole rings is 1. The molecule has 2 heterocycles. The first kappa shape index (κ1) is 23.8. The van der Waals surface area contributed by atoms with Gasteiger partial charge in [0.15, 0.2) is 5.13 Å². The SMILES string of the molecule is CCOc1cccc(C2/C(=C(\O)c3ccc(Cl)cc3)C(=O)C(=O)N2c2nc3ccc(OC)cc3s2)c1. The van der Waals surface area contributed by atoms with Crippen molar-refractivity contribution in [2.45, 2.75) is 13.0 Å². The van der Waals surface area contributed by atoms with Gasteiger partial charge in [0.2, 0.25) is 0 Å². The Bertz CT molecular complexity index is 1510. The molecule has 1 aliphatic rings. The van der Waals surface area contributed by atoms with Crippen molar-refractivity contribution in [1.82, 2.24) is 4.98 Å². The van der Waals surface area contributed by atoms with Crippen LogP contribution < -0.4 is 14.4 Å². The lowest BCUT2D eigenvalue weighted by atomic mass is 9.95. The summed E-state index contributed by atoms with van der Waals surface area (Å²) in [4.78, 5) is 32.8. The summed E-state index contributed by atoms with van der Waals surface area (Å²) in [6.45, 7) is 2.32. The van der Waals surface area contributed by atoms with E-state index in [4.69, 9.17) is 21.1 Å². The number of fused-ring (bicyclic) bond motifs is 1. The average Bonchev–Trinajstić information content (AvgIpc) is 3.42. The molecule has 7 nitrogen and oxygen atoms in total. The molecular weight excluding hydrogens is 500 g/mol. The molecule has 182 valence electrons. The van der Waals surface area contributed by atoms with Crippen molar-refractivity contribution < 1.29 is 24.2 Å². The Hall–Kier alpha value is -3.88. The highest BCUT2D eigenvalue weighted by Gasteiger charge is 2.48. The number of Topliss-reactive ketones (excluding diaryl/α,β-unsaturated/α-hetero) is 1. The molecule has 1 amide bonds. The van der Waals surface area contributed by atoms with Crippen molar-refractivity contribution in [3.8, 4) is 11.5 Å². The highest BCUT2D eigenvalue weighted by atomic mass is 35.5. The fraction of sp³-hybridized carbons (Fsp3) is 0.148. The lowest BCUT2D eigenvalue weighted by molar-refractivity contribution is -0.132. The number of halogens is 1. The summed E-state index contributed by atoms with van der Waals surface area (Å²) in [5.74, 6) is -0.624. The molecular formula is C27H21ClN2O5S. The molecule has 1 atom stereocenters. The Kier molecular flexibility index (Phi) is 6.38. The van der Waals surface area contributed by atoms with Gasteiger partial charge < -0.3 is 14.6 Å². The molecule has 5 rings (SSSR count). The molecule has 1 saturated heterocycles. The maximum atomic E-state index is 13.4. The van der Waals surface area contributed by atoms with Gasteiger partial charge in [-0.3, -0.25) is 14.5 Å². The van der Waals surface area contributed by atoms with E-state index in [1.807, 2.05) is 13.0 Å². The smallest absolute Gasteiger partial charge is 0.301 e. The molecule has 36 heavy (non-hydrogen) atoms. The Balaban J connectivity index is 1.71. The van der Waals surface area contributed by atoms with Crippen LogP contribution in [0.25, 0.3) is 16.0 Å². The quantitative estimate of drug-likeness (QED) is 0.191. The number of hydrogen-bond acceptors (Lipinski definition) is 7. The number of aliphatic hydroxyl groups excluding tert-OH is 1. The second-order valence-electron chi connectivity index (χ2n) is 8.01. The molecule has 1 aromatic heterocycles. The number of amides is 1. The van der Waals surface area contributed by atoms with E-state index in [9.17, 15) is 14.7 Å². The molecule has 1 N–H and O–H groups in total. The topological polar surface area (TPSA) is 89.0 Å². The number of ketones is 1. The predicted octanol–water partition coefficient (Wildman–Crippen LogP) is 5.98. The first-order chi connectivity index (χ1) is 17.4. The van der Waals surface area contributed by atoms with Gasteiger partial charge in [-0.2, -0.15) is 0 Å². The third-order valence-electron chi connectivity index (χ3n) is 5.84. The number of aromatic nitrogens is 1. The monoisotopic (exact) mass is 520 g/mol. The van der Waals surface area contributed by atoms with E-state index in [2.05, 4.69) is 4.98 Å². The van der Waals surface area contributed by atoms with Gasteiger partial charge >= 0.3 is 5.91 Å². The lowest BCUT2D eigenvalue weighted by Gasteiger charge is -2.23. The third kappa shape index (κ3) is 4.19. The van der Waals surface area contributed by atoms with Crippen molar-refractivity contribution in [3.05, 3.63) is 88.5 Å². The van der Waals surface area contributed by atoms with Crippen LogP contribution in [0, 0.1) is 0 Å². The summed E-state index contributed by atoms with van der Waals surface area (Å²) in [7, 11) is 1.57. The van der Waals surface area contributed by atoms with Gasteiger partial charge in [0.1, 0.15) is 17.3 Å². The van der Waals surface area contributed by atoms with Crippen molar-refractivity contribution in [2.24, 2.45) is 0 Å². The number of aliphatic hydroxyl groups is 1. The number of hydrogen-bond donors (Lipinski definition) is 1. The first-order valence-corrected chi connectivity index (χ1v) is 12.3. The summed E-state index contributed by atoms with van der Waals surface area (Å²) in [6.07, 6.45) is 0. The van der Waals surface area contributed by atoms with Crippen LogP contribution in [0.2, 0.25) is 5.02 Å². The van der Waals surface area contributed by atoms with E-state index in [1.54, 1.807) is 67.8 Å². The van der Waals surface area contributed by atoms with E-state index in [0.29, 0.717) is 44.9 Å². The zero-order valence-corrected chi connectivity index (χ0v) is 21.0. The van der Waals surface area contributed by atoms with Crippen LogP contribution in [0.3, 0.4) is 0 Å². The van der Waals surface area contributed by atoms with Crippen molar-refractivity contribution >= 4 is 55.7 Å². The minimum atomic E-state index is -0.913. The van der Waals surface area contributed by atoms with Crippen LogP contribution in [0.5, 0.6) is 11.5 Å². The van der Waals surface area contributed by atoms with Gasteiger partial charge in [-0.25, -0.2) is 4.98 Å². The van der Waals surface area contributed by atoms with Crippen LogP contribution in [-0.4, -0.2) is 35.5 Å². The summed E-state index contributed by atoms with van der Waals surface area (Å²) in [5.41, 5.74) is 1.61. The van der Waals surface area contributed by atoms with Crippen LogP contribution in [0.4, 0.5) is 5.13 Å². The maximum Gasteiger partial charge on any atom is 0.301 e. The predicted molar refractivity (Wildman–Crippen MR) is 140 cm³/mol. The summed E-state index contributed by atoms with van der Waals surface area (Å²) in [5, 5.41) is 12.1. The second kappa shape index (κ2) is 9.64. The van der Waals surface area contributed by atoms with E-state index in [-0.39, 0.29) is 11.3 Å². The van der Waals surface area contributed by atoms with E-state index in [1.165, 1.54) is 16.2 Å². The van der Waals surface area contributed by atoms with Gasteiger partial charge in [-0.05, 0) is 67.1 Å². The molecule has 0 saturated carbocycles. The summed E-state index contributed by atoms with van der Waals surface area (Å²) < 4.78 is 11.8. The number of carbonyl (C=O) groups is 2. The molecule has 3 aromatic carbocycles. The Morgan fingerprint density at radius 3 is 2.58 bits per heavy atom. The number of benzene rings is 3. The van der Waals surface area contributed by atoms with E-state index >= 15 is 0 Å². The molecule has 4 aromatic rings. The maximum absolute atomic E-state index is 13.4. The molecule has 1 aliphatic heterocycles. The number of carbonyl (C=O) groups excluding carboxylic acids is 2. The zero-order valence-electron chi connectivity index (χ0n) is 19.4. The fourth-order valence-electron chi connectivity index (χ4n) is 4.17. The van der Waals surface area contributed by atoms with Crippen LogP contribution >= 0.6 is 22.9 Å². The molecule has 1 unspecified atom stereocenters. The van der Waals surface area contributed by atoms with Crippen molar-refractivity contribution in [3.63, 3.8) is 0 Å². The molecule has 9 heteroatoms. The fourth-order valence-corrected chi connectivity index (χ4v) is 5.32. The van der Waals surface area contributed by atoms with Gasteiger partial charge in [0.25, 0.3) is 5.78 Å². The highest BCUT2D eigenvalue weighted by Crippen LogP contribution is 2.45. The summed E-state index contributed by atoms with van der Waals surface area (Å²) in [6, 6.07) is 18.0. The largest absolute Gasteiger partial charge is 0.507 e.